The summed E-state index contributed by atoms with van der Waals surface area (Å²) in [7, 11) is -3.84. The van der Waals surface area contributed by atoms with Crippen LogP contribution in [0.1, 0.15) is 49.5 Å². The van der Waals surface area contributed by atoms with E-state index in [0.29, 0.717) is 29.7 Å². The summed E-state index contributed by atoms with van der Waals surface area (Å²) >= 11 is 3.61. The van der Waals surface area contributed by atoms with E-state index in [1.54, 1.807) is 42.5 Å². The lowest BCUT2D eigenvalue weighted by atomic mass is 9.90. The molecule has 1 fully saturated rings. The Morgan fingerprint density at radius 1 is 1.24 bits per heavy atom. The third-order valence-corrected chi connectivity index (χ3v) is 9.60. The molecule has 0 spiro atoms. The molecule has 0 amide bonds. The minimum absolute atomic E-state index is 0.155. The Labute approximate surface area is 202 Å². The second-order valence-electron chi connectivity index (χ2n) is 8.92. The van der Waals surface area contributed by atoms with Crippen LogP contribution in [0.3, 0.4) is 0 Å². The average Bonchev–Trinajstić information content (AvgIpc) is 3.28. The van der Waals surface area contributed by atoms with Crippen molar-refractivity contribution in [1.82, 2.24) is 4.31 Å². The van der Waals surface area contributed by atoms with Crippen molar-refractivity contribution < 1.29 is 22.7 Å². The van der Waals surface area contributed by atoms with Gasteiger partial charge in [0, 0.05) is 12.1 Å². The van der Waals surface area contributed by atoms with Crippen LogP contribution in [-0.2, 0) is 19.6 Å². The van der Waals surface area contributed by atoms with Gasteiger partial charge < -0.3 is 9.47 Å². The van der Waals surface area contributed by atoms with Gasteiger partial charge in [0.05, 0.1) is 21.4 Å². The highest BCUT2D eigenvalue weighted by Crippen LogP contribution is 2.46. The van der Waals surface area contributed by atoms with Crippen molar-refractivity contribution in [3.05, 3.63) is 59.2 Å². The van der Waals surface area contributed by atoms with Crippen molar-refractivity contribution in [1.29, 1.82) is 5.26 Å². The fourth-order valence-corrected chi connectivity index (χ4v) is 6.36. The van der Waals surface area contributed by atoms with Gasteiger partial charge in [0.25, 0.3) is 0 Å². The van der Waals surface area contributed by atoms with Gasteiger partial charge in [-0.05, 0) is 63.9 Å². The molecule has 3 atom stereocenters. The zero-order valence-electron chi connectivity index (χ0n) is 18.6. The fourth-order valence-electron chi connectivity index (χ4n) is 4.23. The monoisotopic (exact) mass is 532 g/mol. The van der Waals surface area contributed by atoms with Crippen molar-refractivity contribution in [3.8, 4) is 11.8 Å². The van der Waals surface area contributed by atoms with Gasteiger partial charge >= 0.3 is 5.97 Å². The smallest absolute Gasteiger partial charge is 0.325 e. The maximum absolute atomic E-state index is 13.3. The third-order valence-electron chi connectivity index (χ3n) is 6.09. The van der Waals surface area contributed by atoms with E-state index in [0.717, 1.165) is 5.56 Å². The number of ether oxygens (including phenoxy) is 2. The van der Waals surface area contributed by atoms with Crippen LogP contribution in [-0.4, -0.2) is 41.7 Å². The number of benzene rings is 2. The molecule has 0 saturated carbocycles. The molecule has 0 bridgehead atoms. The second-order valence-corrected chi connectivity index (χ2v) is 11.8. The predicted molar refractivity (Wildman–Crippen MR) is 126 cm³/mol. The highest BCUT2D eigenvalue weighted by atomic mass is 79.9. The maximum Gasteiger partial charge on any atom is 0.325 e. The van der Waals surface area contributed by atoms with Crippen molar-refractivity contribution >= 4 is 31.9 Å². The minimum atomic E-state index is -3.84. The van der Waals surface area contributed by atoms with Gasteiger partial charge in [0.1, 0.15) is 23.5 Å². The van der Waals surface area contributed by atoms with Crippen molar-refractivity contribution in [2.45, 2.75) is 61.1 Å². The molecule has 7 nitrogen and oxygen atoms in total. The number of alkyl halides is 1. The number of hydrogen-bond donors (Lipinski definition) is 0. The maximum atomic E-state index is 13.3. The highest BCUT2D eigenvalue weighted by Gasteiger charge is 2.47. The van der Waals surface area contributed by atoms with Gasteiger partial charge in [0.2, 0.25) is 10.0 Å². The summed E-state index contributed by atoms with van der Waals surface area (Å²) < 4.78 is 39.8. The standard InChI is InChI=1S/C24H25BrN2O5S/c1-15-6-9-17(10-7-15)33(29,30)27-12-4-5-19(27)23(28)31-21-18-13-16(14-26)8-11-20(18)32-24(2,3)22(21)25/h6-11,13,19,21-22H,4-5,12H2,1-3H3/t19-,21-,22+/m0/s1. The Morgan fingerprint density at radius 2 is 1.94 bits per heavy atom. The largest absolute Gasteiger partial charge is 0.486 e. The summed E-state index contributed by atoms with van der Waals surface area (Å²) in [5.41, 5.74) is 1.25. The van der Waals surface area contributed by atoms with E-state index >= 15 is 0 Å². The van der Waals surface area contributed by atoms with E-state index < -0.39 is 38.6 Å². The van der Waals surface area contributed by atoms with Gasteiger partial charge in [-0.1, -0.05) is 33.6 Å². The molecule has 33 heavy (non-hydrogen) atoms. The third kappa shape index (κ3) is 4.39. The molecular formula is C24H25BrN2O5S. The number of aryl methyl sites for hydroxylation is 1. The first kappa shape index (κ1) is 23.7. The SMILES string of the molecule is Cc1ccc(S(=O)(=O)N2CCC[C@H]2C(=O)O[C@H]2c3cc(C#N)ccc3OC(C)(C)[C@@H]2Br)cc1. The van der Waals surface area contributed by atoms with Gasteiger partial charge in [-0.15, -0.1) is 0 Å². The summed E-state index contributed by atoms with van der Waals surface area (Å²) in [4.78, 5) is 13.1. The Bertz CT molecular complexity index is 1220. The predicted octanol–water partition coefficient (Wildman–Crippen LogP) is 4.24. The summed E-state index contributed by atoms with van der Waals surface area (Å²) in [6.07, 6.45) is 0.208. The number of hydrogen-bond acceptors (Lipinski definition) is 6. The molecule has 2 aliphatic rings. The number of esters is 1. The fraction of sp³-hybridized carbons (Fsp3) is 0.417. The Morgan fingerprint density at radius 3 is 2.61 bits per heavy atom. The number of nitrogens with zero attached hydrogens (tertiary/aromatic N) is 2. The first-order valence-electron chi connectivity index (χ1n) is 10.7. The molecule has 0 aliphatic carbocycles. The molecular weight excluding hydrogens is 508 g/mol. The van der Waals surface area contributed by atoms with Crippen LogP contribution in [0.15, 0.2) is 47.4 Å². The number of carbonyl (C=O) groups is 1. The molecule has 1 saturated heterocycles. The lowest BCUT2D eigenvalue weighted by molar-refractivity contribution is -0.156. The zero-order valence-corrected chi connectivity index (χ0v) is 21.0. The number of rotatable bonds is 4. The molecule has 2 aliphatic heterocycles. The zero-order chi connectivity index (χ0) is 24.0. The number of halogens is 1. The summed E-state index contributed by atoms with van der Waals surface area (Å²) in [6.45, 7) is 5.88. The molecule has 2 heterocycles. The molecule has 0 radical (unpaired) electrons. The summed E-state index contributed by atoms with van der Waals surface area (Å²) in [5, 5.41) is 9.31. The van der Waals surface area contributed by atoms with Crippen LogP contribution in [0.2, 0.25) is 0 Å². The number of sulfonamides is 1. The second kappa shape index (κ2) is 8.75. The Balaban J connectivity index is 1.63. The van der Waals surface area contributed by atoms with Crippen molar-refractivity contribution in [2.24, 2.45) is 0 Å². The number of fused-ring (bicyclic) bond motifs is 1. The average molecular weight is 533 g/mol. The number of carbonyl (C=O) groups excluding carboxylic acids is 1. The van der Waals surface area contributed by atoms with E-state index in [9.17, 15) is 18.5 Å². The molecule has 0 N–H and O–H groups in total. The Hall–Kier alpha value is -2.41. The van der Waals surface area contributed by atoms with Crippen LogP contribution >= 0.6 is 15.9 Å². The lowest BCUT2D eigenvalue weighted by Gasteiger charge is -2.42. The van der Waals surface area contributed by atoms with Crippen LogP contribution in [0.5, 0.6) is 5.75 Å². The molecule has 4 rings (SSSR count). The van der Waals surface area contributed by atoms with Crippen LogP contribution in [0.4, 0.5) is 0 Å². The van der Waals surface area contributed by atoms with Crippen LogP contribution in [0.25, 0.3) is 0 Å². The normalized spacial score (nSPS) is 24.4. The van der Waals surface area contributed by atoms with Crippen LogP contribution < -0.4 is 4.74 Å². The van der Waals surface area contributed by atoms with Gasteiger partial charge in [0.15, 0.2) is 0 Å². The van der Waals surface area contributed by atoms with E-state index in [-0.39, 0.29) is 11.4 Å². The molecule has 0 unspecified atom stereocenters. The first-order valence-corrected chi connectivity index (χ1v) is 13.1. The lowest BCUT2D eigenvalue weighted by Crippen LogP contribution is -2.48. The Kier molecular flexibility index (Phi) is 6.29. The van der Waals surface area contributed by atoms with E-state index in [1.807, 2.05) is 20.8 Å². The van der Waals surface area contributed by atoms with Crippen molar-refractivity contribution in [3.63, 3.8) is 0 Å². The molecule has 2 aromatic rings. The summed E-state index contributed by atoms with van der Waals surface area (Å²) in [6, 6.07) is 12.7. The van der Waals surface area contributed by atoms with E-state index in [2.05, 4.69) is 22.0 Å². The highest BCUT2D eigenvalue weighted by molar-refractivity contribution is 9.09. The molecule has 2 aromatic carbocycles. The quantitative estimate of drug-likeness (QED) is 0.431. The molecule has 9 heteroatoms. The minimum Gasteiger partial charge on any atom is -0.486 e. The summed E-state index contributed by atoms with van der Waals surface area (Å²) in [5.74, 6) is -0.0771. The van der Waals surface area contributed by atoms with E-state index in [4.69, 9.17) is 9.47 Å². The van der Waals surface area contributed by atoms with Gasteiger partial charge in [-0.25, -0.2) is 8.42 Å². The first-order chi connectivity index (χ1) is 15.5. The van der Waals surface area contributed by atoms with Crippen LogP contribution in [0, 0.1) is 18.3 Å². The number of nitriles is 1. The molecule has 174 valence electrons. The van der Waals surface area contributed by atoms with Gasteiger partial charge in [-0.2, -0.15) is 9.57 Å². The topological polar surface area (TPSA) is 96.7 Å². The van der Waals surface area contributed by atoms with Crippen molar-refractivity contribution in [2.75, 3.05) is 6.54 Å². The molecule has 0 aromatic heterocycles. The van der Waals surface area contributed by atoms with Gasteiger partial charge in [-0.3, -0.25) is 4.79 Å². The van der Waals surface area contributed by atoms with E-state index in [1.165, 1.54) is 4.31 Å².